The summed E-state index contributed by atoms with van der Waals surface area (Å²) in [5.74, 6) is -0.862. The van der Waals surface area contributed by atoms with Crippen LogP contribution in [-0.4, -0.2) is 15.6 Å². The first kappa shape index (κ1) is 11.8. The number of aromatic carboxylic acids is 1. The summed E-state index contributed by atoms with van der Waals surface area (Å²) >= 11 is 0. The number of hydrogen-bond acceptors (Lipinski definition) is 1. The molecule has 0 fully saturated rings. The van der Waals surface area contributed by atoms with E-state index >= 15 is 0 Å². The molecule has 0 aromatic carbocycles. The zero-order valence-corrected chi connectivity index (χ0v) is 10.0. The summed E-state index contributed by atoms with van der Waals surface area (Å²) in [5, 5.41) is 9.07. The van der Waals surface area contributed by atoms with Crippen molar-refractivity contribution in [3.05, 3.63) is 23.5 Å². The molecular formula is C12H19NO2. The number of carboxylic acids is 1. The summed E-state index contributed by atoms with van der Waals surface area (Å²) in [6.07, 6.45) is 1.94. The molecular weight excluding hydrogens is 190 g/mol. The molecule has 0 aliphatic rings. The lowest BCUT2D eigenvalue weighted by atomic mass is 9.89. The minimum Gasteiger partial charge on any atom is -0.477 e. The maximum atomic E-state index is 11.0. The monoisotopic (exact) mass is 209 g/mol. The van der Waals surface area contributed by atoms with E-state index in [2.05, 4.69) is 20.8 Å². The van der Waals surface area contributed by atoms with Gasteiger partial charge in [0.15, 0.2) is 0 Å². The van der Waals surface area contributed by atoms with E-state index in [9.17, 15) is 4.79 Å². The largest absolute Gasteiger partial charge is 0.477 e. The van der Waals surface area contributed by atoms with Crippen molar-refractivity contribution < 1.29 is 9.90 Å². The van der Waals surface area contributed by atoms with Gasteiger partial charge in [-0.05, 0) is 30.9 Å². The molecule has 1 aromatic heterocycles. The first-order valence-corrected chi connectivity index (χ1v) is 5.19. The molecule has 0 aliphatic carbocycles. The summed E-state index contributed by atoms with van der Waals surface area (Å²) in [4.78, 5) is 11.0. The lowest BCUT2D eigenvalue weighted by Crippen LogP contribution is -2.10. The van der Waals surface area contributed by atoms with E-state index in [1.807, 2.05) is 24.6 Å². The molecule has 1 heterocycles. The van der Waals surface area contributed by atoms with E-state index in [4.69, 9.17) is 5.11 Å². The topological polar surface area (TPSA) is 42.2 Å². The maximum Gasteiger partial charge on any atom is 0.352 e. The van der Waals surface area contributed by atoms with Gasteiger partial charge in [-0.25, -0.2) is 4.79 Å². The Morgan fingerprint density at radius 2 is 1.93 bits per heavy atom. The van der Waals surface area contributed by atoms with Crippen LogP contribution in [0.1, 0.15) is 56.7 Å². The van der Waals surface area contributed by atoms with Crippen LogP contribution in [0.4, 0.5) is 0 Å². The van der Waals surface area contributed by atoms with Crippen LogP contribution >= 0.6 is 0 Å². The molecule has 0 amide bonds. The standard InChI is InChI=1S/C12H19NO2/c1-8(2)13-7-9(12(3,4)5)6-10(13)11(14)15/h6-8H,1-5H3,(H,14,15). The van der Waals surface area contributed by atoms with E-state index < -0.39 is 5.97 Å². The molecule has 0 saturated carbocycles. The summed E-state index contributed by atoms with van der Waals surface area (Å²) in [7, 11) is 0. The van der Waals surface area contributed by atoms with Crippen LogP contribution in [0.15, 0.2) is 12.3 Å². The van der Waals surface area contributed by atoms with Gasteiger partial charge in [-0.3, -0.25) is 0 Å². The quantitative estimate of drug-likeness (QED) is 0.813. The highest BCUT2D eigenvalue weighted by molar-refractivity contribution is 5.86. The van der Waals surface area contributed by atoms with E-state index in [0.717, 1.165) is 5.56 Å². The lowest BCUT2D eigenvalue weighted by Gasteiger charge is -2.16. The second-order valence-electron chi connectivity index (χ2n) is 5.17. The van der Waals surface area contributed by atoms with Crippen molar-refractivity contribution in [3.63, 3.8) is 0 Å². The predicted octanol–water partition coefficient (Wildman–Crippen LogP) is 3.06. The van der Waals surface area contributed by atoms with Gasteiger partial charge < -0.3 is 9.67 Å². The highest BCUT2D eigenvalue weighted by Gasteiger charge is 2.21. The molecule has 0 atom stereocenters. The molecule has 1 N–H and O–H groups in total. The first-order chi connectivity index (χ1) is 6.73. The highest BCUT2D eigenvalue weighted by atomic mass is 16.4. The van der Waals surface area contributed by atoms with Gasteiger partial charge >= 0.3 is 5.97 Å². The predicted molar refractivity (Wildman–Crippen MR) is 60.5 cm³/mol. The molecule has 1 aromatic rings. The van der Waals surface area contributed by atoms with Crippen molar-refractivity contribution in [1.82, 2.24) is 4.57 Å². The SMILES string of the molecule is CC(C)n1cc(C(C)(C)C)cc1C(=O)O. The highest BCUT2D eigenvalue weighted by Crippen LogP contribution is 2.26. The Bertz CT molecular complexity index is 369. The van der Waals surface area contributed by atoms with Crippen LogP contribution in [0.2, 0.25) is 0 Å². The molecule has 0 saturated heterocycles. The fourth-order valence-electron chi connectivity index (χ4n) is 1.49. The number of hydrogen-bond donors (Lipinski definition) is 1. The number of nitrogens with zero attached hydrogens (tertiary/aromatic N) is 1. The summed E-state index contributed by atoms with van der Waals surface area (Å²) in [6.45, 7) is 10.2. The molecule has 0 bridgehead atoms. The van der Waals surface area contributed by atoms with Crippen LogP contribution in [0.25, 0.3) is 0 Å². The maximum absolute atomic E-state index is 11.0. The van der Waals surface area contributed by atoms with Gasteiger partial charge in [0.1, 0.15) is 5.69 Å². The van der Waals surface area contributed by atoms with Crippen LogP contribution in [-0.2, 0) is 5.41 Å². The van der Waals surface area contributed by atoms with Gasteiger partial charge in [0.2, 0.25) is 0 Å². The van der Waals surface area contributed by atoms with Gasteiger partial charge in [-0.2, -0.15) is 0 Å². The Labute approximate surface area is 90.7 Å². The smallest absolute Gasteiger partial charge is 0.352 e. The fraction of sp³-hybridized carbons (Fsp3) is 0.583. The Hall–Kier alpha value is -1.25. The van der Waals surface area contributed by atoms with Crippen molar-refractivity contribution in [2.75, 3.05) is 0 Å². The van der Waals surface area contributed by atoms with Gasteiger partial charge in [0, 0.05) is 12.2 Å². The van der Waals surface area contributed by atoms with Crippen molar-refractivity contribution >= 4 is 5.97 Å². The summed E-state index contributed by atoms with van der Waals surface area (Å²) in [6, 6.07) is 1.94. The molecule has 0 radical (unpaired) electrons. The third kappa shape index (κ3) is 2.41. The number of carboxylic acid groups (broad SMARTS) is 1. The molecule has 84 valence electrons. The molecule has 0 spiro atoms. The van der Waals surface area contributed by atoms with Crippen molar-refractivity contribution in [3.8, 4) is 0 Å². The van der Waals surface area contributed by atoms with E-state index in [0.29, 0.717) is 5.69 Å². The fourth-order valence-corrected chi connectivity index (χ4v) is 1.49. The van der Waals surface area contributed by atoms with Crippen LogP contribution in [0.5, 0.6) is 0 Å². The third-order valence-corrected chi connectivity index (χ3v) is 2.49. The number of aromatic nitrogens is 1. The summed E-state index contributed by atoms with van der Waals surface area (Å²) in [5.41, 5.74) is 1.42. The molecule has 0 aliphatic heterocycles. The van der Waals surface area contributed by atoms with E-state index in [-0.39, 0.29) is 11.5 Å². The zero-order chi connectivity index (χ0) is 11.8. The normalized spacial score (nSPS) is 12.1. The second-order valence-corrected chi connectivity index (χ2v) is 5.17. The van der Waals surface area contributed by atoms with Gasteiger partial charge in [-0.15, -0.1) is 0 Å². The average molecular weight is 209 g/mol. The van der Waals surface area contributed by atoms with E-state index in [1.165, 1.54) is 0 Å². The van der Waals surface area contributed by atoms with Crippen molar-refractivity contribution in [2.24, 2.45) is 0 Å². The lowest BCUT2D eigenvalue weighted by molar-refractivity contribution is 0.0683. The van der Waals surface area contributed by atoms with Crippen LogP contribution in [0.3, 0.4) is 0 Å². The molecule has 3 nitrogen and oxygen atoms in total. The minimum absolute atomic E-state index is 0.00958. The first-order valence-electron chi connectivity index (χ1n) is 5.19. The molecule has 3 heteroatoms. The zero-order valence-electron chi connectivity index (χ0n) is 10.0. The van der Waals surface area contributed by atoms with Crippen LogP contribution < -0.4 is 0 Å². The Morgan fingerprint density at radius 1 is 1.40 bits per heavy atom. The van der Waals surface area contributed by atoms with Crippen molar-refractivity contribution in [2.45, 2.75) is 46.1 Å². The number of carbonyl (C=O) groups is 1. The van der Waals surface area contributed by atoms with Gasteiger partial charge in [0.05, 0.1) is 0 Å². The minimum atomic E-state index is -0.862. The Balaban J connectivity index is 3.28. The molecule has 0 unspecified atom stereocenters. The second kappa shape index (κ2) is 3.72. The van der Waals surface area contributed by atoms with Gasteiger partial charge in [0.25, 0.3) is 0 Å². The average Bonchev–Trinajstić information content (AvgIpc) is 2.45. The van der Waals surface area contributed by atoms with Gasteiger partial charge in [-0.1, -0.05) is 20.8 Å². The Kier molecular flexibility index (Phi) is 2.93. The molecule has 1 rings (SSSR count). The Morgan fingerprint density at radius 3 is 2.20 bits per heavy atom. The van der Waals surface area contributed by atoms with E-state index in [1.54, 1.807) is 6.07 Å². The van der Waals surface area contributed by atoms with Crippen LogP contribution in [0, 0.1) is 0 Å². The van der Waals surface area contributed by atoms with Crippen molar-refractivity contribution in [1.29, 1.82) is 0 Å². The third-order valence-electron chi connectivity index (χ3n) is 2.49. The summed E-state index contributed by atoms with van der Waals surface area (Å²) < 4.78 is 1.81. The number of rotatable bonds is 2. The molecule has 15 heavy (non-hydrogen) atoms.